The van der Waals surface area contributed by atoms with Crippen LogP contribution in [0.4, 0.5) is 5.69 Å². The van der Waals surface area contributed by atoms with E-state index < -0.39 is 4.92 Å². The van der Waals surface area contributed by atoms with E-state index in [1.54, 1.807) is 18.2 Å². The van der Waals surface area contributed by atoms with Gasteiger partial charge in [0.2, 0.25) is 0 Å². The van der Waals surface area contributed by atoms with Gasteiger partial charge in [-0.15, -0.1) is 0 Å². The molecule has 0 N–H and O–H groups in total. The monoisotopic (exact) mass is 317 g/mol. The summed E-state index contributed by atoms with van der Waals surface area (Å²) in [6.45, 7) is 3.25. The molecule has 0 aliphatic heterocycles. The molecule has 0 bridgehead atoms. The first-order chi connectivity index (χ1) is 11.2. The molecule has 0 aliphatic carbocycles. The Morgan fingerprint density at radius 2 is 1.39 bits per heavy atom. The van der Waals surface area contributed by atoms with E-state index in [2.05, 4.69) is 0 Å². The zero-order chi connectivity index (χ0) is 16.5. The largest absolute Gasteiger partial charge is 0.490 e. The van der Waals surface area contributed by atoms with Crippen LogP contribution in [0.3, 0.4) is 0 Å². The van der Waals surface area contributed by atoms with Gasteiger partial charge in [-0.2, -0.15) is 0 Å². The van der Waals surface area contributed by atoms with Crippen LogP contribution >= 0.6 is 0 Å². The van der Waals surface area contributed by atoms with Gasteiger partial charge in [0.25, 0.3) is 0 Å². The van der Waals surface area contributed by atoms with Crippen LogP contribution in [-0.4, -0.2) is 24.7 Å². The first kappa shape index (κ1) is 16.6. The van der Waals surface area contributed by atoms with E-state index in [1.807, 2.05) is 31.2 Å². The standard InChI is InChI=1S/C17H19NO5/c1-2-21-16-10-5-6-11-17(16)23-13-7-12-22-15-9-4-3-8-14(15)18(19)20/h3-6,8-11H,2,7,12-13H2,1H3. The molecule has 0 saturated carbocycles. The minimum atomic E-state index is -0.454. The van der Waals surface area contributed by atoms with Crippen LogP contribution in [0.25, 0.3) is 0 Å². The number of rotatable bonds is 9. The number of nitrogens with zero attached hydrogens (tertiary/aromatic N) is 1. The number of nitro benzene ring substituents is 1. The fourth-order valence-electron chi connectivity index (χ4n) is 2.00. The van der Waals surface area contributed by atoms with Crippen LogP contribution in [0.1, 0.15) is 13.3 Å². The Hall–Kier alpha value is -2.76. The third-order valence-corrected chi connectivity index (χ3v) is 3.01. The van der Waals surface area contributed by atoms with Crippen molar-refractivity contribution in [3.05, 3.63) is 58.6 Å². The van der Waals surface area contributed by atoms with Gasteiger partial charge in [-0.05, 0) is 25.1 Å². The fourth-order valence-corrected chi connectivity index (χ4v) is 2.00. The van der Waals surface area contributed by atoms with Crippen LogP contribution in [0.15, 0.2) is 48.5 Å². The zero-order valence-corrected chi connectivity index (χ0v) is 12.9. The lowest BCUT2D eigenvalue weighted by molar-refractivity contribution is -0.385. The highest BCUT2D eigenvalue weighted by atomic mass is 16.6. The second kappa shape index (κ2) is 8.63. The Labute approximate surface area is 134 Å². The van der Waals surface area contributed by atoms with Crippen LogP contribution in [0.2, 0.25) is 0 Å². The highest BCUT2D eigenvalue weighted by Gasteiger charge is 2.13. The summed E-state index contributed by atoms with van der Waals surface area (Å²) in [7, 11) is 0. The molecule has 6 heteroatoms. The van der Waals surface area contributed by atoms with Crippen LogP contribution in [0, 0.1) is 10.1 Å². The Kier molecular flexibility index (Phi) is 6.23. The molecule has 0 saturated heterocycles. The maximum atomic E-state index is 10.9. The molecule has 0 aliphatic rings. The average molecular weight is 317 g/mol. The number of hydrogen-bond acceptors (Lipinski definition) is 5. The van der Waals surface area contributed by atoms with Crippen molar-refractivity contribution in [2.45, 2.75) is 13.3 Å². The lowest BCUT2D eigenvalue weighted by Crippen LogP contribution is -2.07. The summed E-state index contributed by atoms with van der Waals surface area (Å²) >= 11 is 0. The molecule has 6 nitrogen and oxygen atoms in total. The van der Waals surface area contributed by atoms with E-state index in [0.717, 1.165) is 0 Å². The summed E-state index contributed by atoms with van der Waals surface area (Å²) in [6, 6.07) is 13.8. The number of nitro groups is 1. The van der Waals surface area contributed by atoms with Crippen LogP contribution in [0.5, 0.6) is 17.2 Å². The predicted molar refractivity (Wildman–Crippen MR) is 86.3 cm³/mol. The molecule has 2 aromatic carbocycles. The normalized spacial score (nSPS) is 10.1. The van der Waals surface area contributed by atoms with Gasteiger partial charge in [-0.3, -0.25) is 10.1 Å². The minimum absolute atomic E-state index is 0.0323. The van der Waals surface area contributed by atoms with E-state index in [4.69, 9.17) is 14.2 Å². The van der Waals surface area contributed by atoms with Crippen molar-refractivity contribution in [1.29, 1.82) is 0 Å². The molecule has 0 heterocycles. The Morgan fingerprint density at radius 1 is 0.870 bits per heavy atom. The van der Waals surface area contributed by atoms with Crippen molar-refractivity contribution in [3.63, 3.8) is 0 Å². The van der Waals surface area contributed by atoms with Gasteiger partial charge >= 0.3 is 5.69 Å². The second-order valence-electron chi connectivity index (χ2n) is 4.66. The summed E-state index contributed by atoms with van der Waals surface area (Å²) in [5.41, 5.74) is -0.0323. The predicted octanol–water partition coefficient (Wildman–Crippen LogP) is 3.84. The smallest absolute Gasteiger partial charge is 0.310 e. The highest BCUT2D eigenvalue weighted by Crippen LogP contribution is 2.27. The molecule has 122 valence electrons. The van der Waals surface area contributed by atoms with Crippen molar-refractivity contribution in [2.75, 3.05) is 19.8 Å². The minimum Gasteiger partial charge on any atom is -0.490 e. The number of para-hydroxylation sites is 4. The highest BCUT2D eigenvalue weighted by molar-refractivity contribution is 5.45. The van der Waals surface area contributed by atoms with Crippen molar-refractivity contribution in [1.82, 2.24) is 0 Å². The molecule has 0 radical (unpaired) electrons. The van der Waals surface area contributed by atoms with Crippen molar-refractivity contribution >= 4 is 5.69 Å². The molecule has 0 spiro atoms. The zero-order valence-electron chi connectivity index (χ0n) is 12.9. The van der Waals surface area contributed by atoms with Gasteiger partial charge in [0.05, 0.1) is 24.7 Å². The average Bonchev–Trinajstić information content (AvgIpc) is 2.56. The Morgan fingerprint density at radius 3 is 2.00 bits per heavy atom. The van der Waals surface area contributed by atoms with E-state index in [-0.39, 0.29) is 11.4 Å². The SMILES string of the molecule is CCOc1ccccc1OCCCOc1ccccc1[N+](=O)[O-]. The van der Waals surface area contributed by atoms with Gasteiger partial charge in [0.1, 0.15) is 0 Å². The van der Waals surface area contributed by atoms with E-state index in [0.29, 0.717) is 37.7 Å². The molecule has 0 fully saturated rings. The van der Waals surface area contributed by atoms with Gasteiger partial charge in [0.15, 0.2) is 17.2 Å². The summed E-state index contributed by atoms with van der Waals surface area (Å²) in [6.07, 6.45) is 0.604. The summed E-state index contributed by atoms with van der Waals surface area (Å²) in [4.78, 5) is 10.4. The van der Waals surface area contributed by atoms with Crippen molar-refractivity contribution in [2.24, 2.45) is 0 Å². The van der Waals surface area contributed by atoms with Crippen molar-refractivity contribution < 1.29 is 19.1 Å². The lowest BCUT2D eigenvalue weighted by atomic mass is 10.3. The van der Waals surface area contributed by atoms with E-state index >= 15 is 0 Å². The molecule has 2 rings (SSSR count). The number of ether oxygens (including phenoxy) is 3. The van der Waals surface area contributed by atoms with Gasteiger partial charge in [-0.25, -0.2) is 0 Å². The van der Waals surface area contributed by atoms with Gasteiger partial charge in [-0.1, -0.05) is 24.3 Å². The molecule has 23 heavy (non-hydrogen) atoms. The molecular formula is C17H19NO5. The summed E-state index contributed by atoms with van der Waals surface area (Å²) in [5.74, 6) is 1.65. The quantitative estimate of drug-likeness (QED) is 0.399. The molecule has 0 unspecified atom stereocenters. The number of benzene rings is 2. The molecule has 0 aromatic heterocycles. The second-order valence-corrected chi connectivity index (χ2v) is 4.66. The first-order valence-corrected chi connectivity index (χ1v) is 7.43. The van der Waals surface area contributed by atoms with Gasteiger partial charge < -0.3 is 14.2 Å². The maximum absolute atomic E-state index is 10.9. The Balaban J connectivity index is 1.80. The Bertz CT molecular complexity index is 644. The summed E-state index contributed by atoms with van der Waals surface area (Å²) in [5, 5.41) is 10.9. The topological polar surface area (TPSA) is 70.8 Å². The molecule has 0 amide bonds. The number of hydrogen-bond donors (Lipinski definition) is 0. The van der Waals surface area contributed by atoms with Crippen molar-refractivity contribution in [3.8, 4) is 17.2 Å². The maximum Gasteiger partial charge on any atom is 0.310 e. The van der Waals surface area contributed by atoms with E-state index in [1.165, 1.54) is 6.07 Å². The third-order valence-electron chi connectivity index (χ3n) is 3.01. The van der Waals surface area contributed by atoms with Crippen LogP contribution in [-0.2, 0) is 0 Å². The van der Waals surface area contributed by atoms with Gasteiger partial charge in [0, 0.05) is 12.5 Å². The molecule has 0 atom stereocenters. The van der Waals surface area contributed by atoms with E-state index in [9.17, 15) is 10.1 Å². The lowest BCUT2D eigenvalue weighted by Gasteiger charge is -2.11. The molecule has 2 aromatic rings. The molecular weight excluding hydrogens is 298 g/mol. The summed E-state index contributed by atoms with van der Waals surface area (Å²) < 4.78 is 16.6. The fraction of sp³-hybridized carbons (Fsp3) is 0.294. The third kappa shape index (κ3) is 4.88. The van der Waals surface area contributed by atoms with Crippen LogP contribution < -0.4 is 14.2 Å². The first-order valence-electron chi connectivity index (χ1n) is 7.43.